The second kappa shape index (κ2) is 55.2. The number of rotatable bonds is 3. The highest BCUT2D eigenvalue weighted by Gasteiger charge is 2.21. The van der Waals surface area contributed by atoms with E-state index in [-0.39, 0.29) is 11.4 Å². The van der Waals surface area contributed by atoms with Crippen LogP contribution in [0, 0.1) is 390 Å². The van der Waals surface area contributed by atoms with Crippen LogP contribution >= 0.6 is 0 Å². The van der Waals surface area contributed by atoms with Crippen LogP contribution in [0.4, 0.5) is 51.3 Å². The predicted molar refractivity (Wildman–Crippen MR) is 349 cm³/mol. The number of amides is 1. The summed E-state index contributed by atoms with van der Waals surface area (Å²) in [6.07, 6.45) is -7.18. The maximum atomic E-state index is 13.1. The number of benzene rings is 2. The fraction of sp³-hybridized carbons (Fsp3) is 0.0964. The minimum Gasteiger partial charge on any atom is -0.444 e. The smallest absolute Gasteiger partial charge is 0.412 e. The van der Waals surface area contributed by atoms with Crippen molar-refractivity contribution in [2.75, 3.05) is 11.1 Å². The zero-order valence-electron chi connectivity index (χ0n) is 49.4. The van der Waals surface area contributed by atoms with E-state index in [1.807, 2.05) is 0 Å². The third-order valence-electron chi connectivity index (χ3n) is 7.19. The normalized spacial score (nSPS) is 6.35. The van der Waals surface area contributed by atoms with Gasteiger partial charge in [0.1, 0.15) is 5.60 Å². The van der Waals surface area contributed by atoms with Gasteiger partial charge in [-0.25, -0.2) is 39.9 Å². The lowest BCUT2D eigenvalue weighted by atomic mass is 10.2. The van der Waals surface area contributed by atoms with Crippen LogP contribution in [0.15, 0.2) is 24.3 Å². The molecule has 2 rings (SSSR count). The Morgan fingerprint density at radius 3 is 0.684 bits per heavy atom. The molecule has 0 saturated carbocycles. The maximum Gasteiger partial charge on any atom is 0.412 e. The van der Waals surface area contributed by atoms with Gasteiger partial charge >= 0.3 is 6.09 Å². The van der Waals surface area contributed by atoms with E-state index in [0.29, 0.717) is 24.3 Å². The fourth-order valence-electron chi connectivity index (χ4n) is 3.99. The third kappa shape index (κ3) is 50.4. The quantitative estimate of drug-likeness (QED) is 0.187. The minimum absolute atomic E-state index is 0.218. The summed E-state index contributed by atoms with van der Waals surface area (Å²) in [4.78, 5) is 11.4. The molecule has 3 N–H and O–H groups in total. The summed E-state index contributed by atoms with van der Waals surface area (Å²) in [6.45, 7) is 8.17. The molecule has 0 saturated heterocycles. The SMILES string of the molecule is CC#CC#CC#CC#CC#CC#CC#CC#CC#CC#CC#CC#CC#CC#CC#CC#CC#CC#CC#CC#CC#CC#CC#CC#CC#CC#CC#CC#CC#CC#CC#CC.CC(C)(C)OC(=O)Nc1cc(F)c(F)c(C(F)F)c1.Nc1cc(F)c(F)c(C(F)F)c1. The second-order valence-electron chi connectivity index (χ2n) is 15.0. The summed E-state index contributed by atoms with van der Waals surface area (Å²) in [5, 5.41) is 2.06. The average Bonchev–Trinajstić information content (AvgIpc) is 0.986. The van der Waals surface area contributed by atoms with Crippen molar-refractivity contribution in [3.63, 3.8) is 0 Å². The lowest BCUT2D eigenvalue weighted by Crippen LogP contribution is -2.27. The lowest BCUT2D eigenvalue weighted by molar-refractivity contribution is 0.0635. The Bertz CT molecular complexity index is 5300. The Morgan fingerprint density at radius 2 is 0.505 bits per heavy atom. The summed E-state index contributed by atoms with van der Waals surface area (Å²) in [6, 6.07) is 2.63. The van der Waals surface area contributed by atoms with Crippen molar-refractivity contribution in [2.24, 2.45) is 0 Å². The number of hydrogen-bond acceptors (Lipinski definition) is 3. The van der Waals surface area contributed by atoms with Gasteiger partial charge in [-0.2, -0.15) is 0 Å². The minimum atomic E-state index is -3.19. The molecule has 0 aliphatic heterocycles. The van der Waals surface area contributed by atoms with Crippen molar-refractivity contribution < 1.29 is 44.7 Å². The fourth-order valence-corrected chi connectivity index (χ4v) is 3.99. The number of nitrogens with one attached hydrogen (secondary N) is 1. The highest BCUT2D eigenvalue weighted by atomic mass is 19.3. The molecule has 1 amide bonds. The van der Waals surface area contributed by atoms with E-state index in [0.717, 1.165) is 0 Å². The topological polar surface area (TPSA) is 64.3 Å². The van der Waals surface area contributed by atoms with E-state index in [4.69, 9.17) is 10.5 Å². The van der Waals surface area contributed by atoms with Gasteiger partial charge in [0.25, 0.3) is 12.9 Å². The second-order valence-corrected chi connectivity index (χ2v) is 15.0. The van der Waals surface area contributed by atoms with Gasteiger partial charge in [0.05, 0.1) is 11.1 Å². The maximum absolute atomic E-state index is 13.1. The average molecular weight is 1230 g/mol. The van der Waals surface area contributed by atoms with Gasteiger partial charge in [-0.3, -0.25) is 5.32 Å². The monoisotopic (exact) mass is 1230 g/mol. The molecule has 0 bridgehead atoms. The standard InChI is InChI=1S/C64H6.C12H13F4NO2.C7H5F4N/c1-3-5-7-9-11-13-15-17-19-21-23-25-27-29-31-33-35-37-39-41-43-45-47-49-51-53-55-57-59-61-63-64-62-60-58-56-54-52-50-48-46-44-42-40-38-36-34-32-30-28-26-24-22-20-18-16-14-12-10-8-6-4-2;1-12(2,3)19-11(18)17-6-4-7(10(15)16)9(14)8(13)5-6;8-5-2-3(12)1-4(6(5)9)7(10)11/h1-2H3;4-5,10H,1-3H3,(H,17,18);1-2,7H,12H2. The van der Waals surface area contributed by atoms with E-state index in [9.17, 15) is 39.9 Å². The molecule has 0 aromatic heterocycles. The number of carbonyl (C=O) groups excluding carboxylic acids is 1. The number of nitrogen functional groups attached to an aromatic ring is 1. The van der Waals surface area contributed by atoms with Crippen LogP contribution in [0.1, 0.15) is 58.6 Å². The number of alkyl halides is 4. The number of nitrogens with two attached hydrogens (primary N) is 1. The molecule has 0 atom stereocenters. The molecule has 0 heterocycles. The summed E-state index contributed by atoms with van der Waals surface area (Å²) < 4.78 is 105. The highest BCUT2D eigenvalue weighted by Crippen LogP contribution is 2.28. The van der Waals surface area contributed by atoms with Gasteiger partial charge in [0.15, 0.2) is 23.3 Å². The largest absolute Gasteiger partial charge is 0.444 e. The van der Waals surface area contributed by atoms with Crippen molar-refractivity contribution in [3.8, 4) is 367 Å². The molecule has 2 aromatic rings. The number of halogens is 8. The van der Waals surface area contributed by atoms with Crippen LogP contribution in [0.3, 0.4) is 0 Å². The molecule has 0 radical (unpaired) electrons. The Morgan fingerprint density at radius 1 is 0.326 bits per heavy atom. The molecular weight excluding hydrogens is 1210 g/mol. The van der Waals surface area contributed by atoms with Gasteiger partial charge in [-0.1, -0.05) is 11.8 Å². The van der Waals surface area contributed by atoms with Crippen LogP contribution in [-0.4, -0.2) is 11.7 Å². The predicted octanol–water partition coefficient (Wildman–Crippen LogP) is 7.87. The van der Waals surface area contributed by atoms with Crippen molar-refractivity contribution in [1.29, 1.82) is 0 Å². The molecule has 0 aliphatic carbocycles. The highest BCUT2D eigenvalue weighted by molar-refractivity contribution is 5.85. The Hall–Kier alpha value is -16.7. The molecule has 0 spiro atoms. The zero-order valence-corrected chi connectivity index (χ0v) is 49.4. The number of anilines is 2. The molecule has 2 aromatic carbocycles. The van der Waals surface area contributed by atoms with Gasteiger partial charge in [-0.15, -0.1) is 0 Å². The Balaban J connectivity index is 0.00000228. The van der Waals surface area contributed by atoms with Crippen LogP contribution in [0.2, 0.25) is 0 Å². The van der Waals surface area contributed by atoms with Gasteiger partial charge < -0.3 is 10.5 Å². The van der Waals surface area contributed by atoms with Crippen LogP contribution < -0.4 is 11.1 Å². The molecular formula is C83H24F8N2O2. The lowest BCUT2D eigenvalue weighted by Gasteiger charge is -2.20. The number of ether oxygens (including phenoxy) is 1. The third-order valence-corrected chi connectivity index (χ3v) is 7.19. The summed E-state index contributed by atoms with van der Waals surface area (Å²) >= 11 is 0. The van der Waals surface area contributed by atoms with Gasteiger partial charge in [0.2, 0.25) is 0 Å². The Kier molecular flexibility index (Phi) is 45.5. The first-order valence-electron chi connectivity index (χ1n) is 24.7. The van der Waals surface area contributed by atoms with E-state index in [1.54, 1.807) is 34.6 Å². The molecule has 95 heavy (non-hydrogen) atoms. The first-order chi connectivity index (χ1) is 46.0. The van der Waals surface area contributed by atoms with E-state index < -0.39 is 58.9 Å². The van der Waals surface area contributed by atoms with Gasteiger partial charge in [0, 0.05) is 278 Å². The molecule has 12 heteroatoms. The van der Waals surface area contributed by atoms with Gasteiger partial charge in [-0.05, 0) is 148 Å². The van der Waals surface area contributed by atoms with E-state index in [1.165, 1.54) is 0 Å². The first kappa shape index (κ1) is 78.3. The molecule has 0 unspecified atom stereocenters. The van der Waals surface area contributed by atoms with Crippen molar-refractivity contribution >= 4 is 17.5 Å². The number of carbonyl (C=O) groups is 1. The van der Waals surface area contributed by atoms with Crippen LogP contribution in [-0.2, 0) is 4.74 Å². The van der Waals surface area contributed by atoms with Crippen molar-refractivity contribution in [3.05, 3.63) is 58.7 Å². The number of hydrogen-bond donors (Lipinski definition) is 2. The van der Waals surface area contributed by atoms with Crippen LogP contribution in [0.5, 0.6) is 0 Å². The summed E-state index contributed by atoms with van der Waals surface area (Å²) in [7, 11) is 0. The Labute approximate surface area is 549 Å². The van der Waals surface area contributed by atoms with Crippen molar-refractivity contribution in [2.45, 2.75) is 53.1 Å². The van der Waals surface area contributed by atoms with E-state index in [2.05, 4.69) is 372 Å². The molecule has 0 aliphatic rings. The first-order valence-corrected chi connectivity index (χ1v) is 24.7. The molecule has 0 fully saturated rings. The van der Waals surface area contributed by atoms with E-state index >= 15 is 0 Å². The van der Waals surface area contributed by atoms with Crippen LogP contribution in [0.25, 0.3) is 0 Å². The van der Waals surface area contributed by atoms with Crippen molar-refractivity contribution in [1.82, 2.24) is 0 Å². The molecule has 434 valence electrons. The summed E-state index contributed by atoms with van der Waals surface area (Å²) in [5.74, 6) is 150. The summed E-state index contributed by atoms with van der Waals surface area (Å²) in [5.41, 5.74) is 1.58. The zero-order chi connectivity index (χ0) is 69.9. The molecule has 4 nitrogen and oxygen atoms in total.